The van der Waals surface area contributed by atoms with Crippen LogP contribution in [0.2, 0.25) is 0 Å². The molecule has 3 rings (SSSR count). The minimum atomic E-state index is -0.0304. The SMILES string of the molecule is Cn1nnc2cc(-c3ccccc3)[se]c2c1=O. The van der Waals surface area contributed by atoms with Gasteiger partial charge in [-0.1, -0.05) is 0 Å². The van der Waals surface area contributed by atoms with Gasteiger partial charge in [0.1, 0.15) is 0 Å². The van der Waals surface area contributed by atoms with Gasteiger partial charge in [0.05, 0.1) is 0 Å². The quantitative estimate of drug-likeness (QED) is 0.629. The van der Waals surface area contributed by atoms with Gasteiger partial charge in [-0.15, -0.1) is 0 Å². The topological polar surface area (TPSA) is 47.8 Å². The standard InChI is InChI=1S/C12H9N3OSe/c1-15-12(16)11-9(13-14-15)7-10(17-11)8-5-3-2-4-6-8/h2-7H,1H3. The summed E-state index contributed by atoms with van der Waals surface area (Å²) in [6.45, 7) is 0. The molecule has 0 aliphatic heterocycles. The summed E-state index contributed by atoms with van der Waals surface area (Å²) in [6.07, 6.45) is 0. The van der Waals surface area contributed by atoms with E-state index < -0.39 is 0 Å². The van der Waals surface area contributed by atoms with Crippen molar-refractivity contribution < 1.29 is 0 Å². The fraction of sp³-hybridized carbons (Fsp3) is 0.0833. The Morgan fingerprint density at radius 1 is 1.24 bits per heavy atom. The van der Waals surface area contributed by atoms with Crippen LogP contribution >= 0.6 is 0 Å². The van der Waals surface area contributed by atoms with Gasteiger partial charge >= 0.3 is 103 Å². The van der Waals surface area contributed by atoms with E-state index in [2.05, 4.69) is 22.4 Å². The van der Waals surface area contributed by atoms with E-state index in [4.69, 9.17) is 0 Å². The first-order valence-electron chi connectivity index (χ1n) is 5.14. The summed E-state index contributed by atoms with van der Waals surface area (Å²) in [6, 6.07) is 12.1. The number of hydrogen-bond acceptors (Lipinski definition) is 3. The fourth-order valence-electron chi connectivity index (χ4n) is 1.66. The predicted octanol–water partition coefficient (Wildman–Crippen LogP) is 1.05. The fourth-order valence-corrected chi connectivity index (χ4v) is 3.90. The zero-order valence-corrected chi connectivity index (χ0v) is 10.8. The molecule has 5 heteroatoms. The number of aromatic nitrogens is 3. The third kappa shape index (κ3) is 1.73. The van der Waals surface area contributed by atoms with Crippen molar-refractivity contribution in [3.05, 3.63) is 46.8 Å². The van der Waals surface area contributed by atoms with Crippen molar-refractivity contribution in [2.45, 2.75) is 0 Å². The zero-order chi connectivity index (χ0) is 11.8. The zero-order valence-electron chi connectivity index (χ0n) is 9.12. The van der Waals surface area contributed by atoms with Crippen LogP contribution in [-0.4, -0.2) is 29.5 Å². The van der Waals surface area contributed by atoms with E-state index in [0.717, 1.165) is 15.3 Å². The Balaban J connectivity index is 2.28. The van der Waals surface area contributed by atoms with Crippen LogP contribution in [0.1, 0.15) is 0 Å². The Morgan fingerprint density at radius 3 is 2.76 bits per heavy atom. The number of hydrogen-bond donors (Lipinski definition) is 0. The van der Waals surface area contributed by atoms with Crippen molar-refractivity contribution >= 4 is 24.3 Å². The van der Waals surface area contributed by atoms with E-state index in [1.165, 1.54) is 9.12 Å². The molecule has 84 valence electrons. The second-order valence-corrected chi connectivity index (χ2v) is 5.92. The molecule has 2 heterocycles. The van der Waals surface area contributed by atoms with Gasteiger partial charge in [0.15, 0.2) is 0 Å². The minimum absolute atomic E-state index is 0.0292. The maximum absolute atomic E-state index is 11.9. The first-order chi connectivity index (χ1) is 8.25. The summed E-state index contributed by atoms with van der Waals surface area (Å²) in [5, 5.41) is 7.85. The molecule has 0 saturated heterocycles. The number of benzene rings is 1. The van der Waals surface area contributed by atoms with Gasteiger partial charge in [-0.25, -0.2) is 0 Å². The van der Waals surface area contributed by atoms with E-state index in [-0.39, 0.29) is 20.1 Å². The van der Waals surface area contributed by atoms with E-state index in [1.807, 2.05) is 24.3 Å². The molecule has 0 unspecified atom stereocenters. The first-order valence-corrected chi connectivity index (χ1v) is 6.86. The van der Waals surface area contributed by atoms with Crippen molar-refractivity contribution in [1.82, 2.24) is 15.0 Å². The third-order valence-corrected chi connectivity index (χ3v) is 4.98. The Bertz CT molecular complexity index is 730. The monoisotopic (exact) mass is 291 g/mol. The van der Waals surface area contributed by atoms with E-state index in [0.29, 0.717) is 0 Å². The number of nitrogens with zero attached hydrogens (tertiary/aromatic N) is 3. The van der Waals surface area contributed by atoms with Gasteiger partial charge in [0.25, 0.3) is 0 Å². The normalized spacial score (nSPS) is 10.9. The average molecular weight is 290 g/mol. The molecule has 0 atom stereocenters. The van der Waals surface area contributed by atoms with Crippen molar-refractivity contribution in [2.75, 3.05) is 0 Å². The van der Waals surface area contributed by atoms with Crippen molar-refractivity contribution in [1.29, 1.82) is 0 Å². The van der Waals surface area contributed by atoms with Crippen LogP contribution in [0.5, 0.6) is 0 Å². The average Bonchev–Trinajstić information content (AvgIpc) is 2.80. The molecule has 0 radical (unpaired) electrons. The molecule has 2 aromatic heterocycles. The molecule has 0 spiro atoms. The summed E-state index contributed by atoms with van der Waals surface area (Å²) in [7, 11) is 1.63. The predicted molar refractivity (Wildman–Crippen MR) is 67.2 cm³/mol. The van der Waals surface area contributed by atoms with Crippen LogP contribution < -0.4 is 5.56 Å². The van der Waals surface area contributed by atoms with E-state index in [9.17, 15) is 4.79 Å². The molecule has 0 bridgehead atoms. The van der Waals surface area contributed by atoms with Crippen molar-refractivity contribution in [2.24, 2.45) is 7.05 Å². The molecule has 17 heavy (non-hydrogen) atoms. The van der Waals surface area contributed by atoms with Crippen LogP contribution in [-0.2, 0) is 7.05 Å². The molecule has 1 aromatic carbocycles. The van der Waals surface area contributed by atoms with E-state index >= 15 is 0 Å². The van der Waals surface area contributed by atoms with Gasteiger partial charge < -0.3 is 0 Å². The number of rotatable bonds is 1. The summed E-state index contributed by atoms with van der Waals surface area (Å²) >= 11 is 0.0292. The molecule has 0 saturated carbocycles. The van der Waals surface area contributed by atoms with E-state index in [1.54, 1.807) is 7.05 Å². The molecule has 0 fully saturated rings. The number of aryl methyl sites for hydroxylation is 1. The van der Waals surface area contributed by atoms with Crippen LogP contribution in [0.4, 0.5) is 0 Å². The summed E-state index contributed by atoms with van der Waals surface area (Å²) in [5.41, 5.74) is 1.86. The van der Waals surface area contributed by atoms with Gasteiger partial charge in [0.2, 0.25) is 0 Å². The van der Waals surface area contributed by atoms with Gasteiger partial charge in [0, 0.05) is 0 Å². The first kappa shape index (κ1) is 10.4. The van der Waals surface area contributed by atoms with Gasteiger partial charge in [-0.3, -0.25) is 0 Å². The van der Waals surface area contributed by atoms with Crippen LogP contribution in [0.25, 0.3) is 19.8 Å². The second-order valence-electron chi connectivity index (χ2n) is 3.71. The van der Waals surface area contributed by atoms with Crippen molar-refractivity contribution in [3.8, 4) is 10.0 Å². The molecule has 0 amide bonds. The Labute approximate surface area is 103 Å². The van der Waals surface area contributed by atoms with Gasteiger partial charge in [-0.05, 0) is 0 Å². The molecule has 0 aliphatic rings. The second kappa shape index (κ2) is 3.95. The molecule has 3 aromatic rings. The summed E-state index contributed by atoms with van der Waals surface area (Å²) in [5.74, 6) is 0. The third-order valence-electron chi connectivity index (χ3n) is 2.55. The Hall–Kier alpha value is -1.71. The molecule has 4 nitrogen and oxygen atoms in total. The molecular weight excluding hydrogens is 281 g/mol. The summed E-state index contributed by atoms with van der Waals surface area (Å²) < 4.78 is 3.28. The maximum atomic E-state index is 11.9. The van der Waals surface area contributed by atoms with Gasteiger partial charge in [-0.2, -0.15) is 0 Å². The van der Waals surface area contributed by atoms with Crippen molar-refractivity contribution in [3.63, 3.8) is 0 Å². The molecule has 0 N–H and O–H groups in total. The van der Waals surface area contributed by atoms with Crippen LogP contribution in [0.3, 0.4) is 0 Å². The number of fused-ring (bicyclic) bond motifs is 1. The van der Waals surface area contributed by atoms with Crippen LogP contribution in [0.15, 0.2) is 41.2 Å². The summed E-state index contributed by atoms with van der Waals surface area (Å²) in [4.78, 5) is 11.9. The Kier molecular flexibility index (Phi) is 2.42. The van der Waals surface area contributed by atoms with Crippen LogP contribution in [0, 0.1) is 0 Å². The molecule has 0 aliphatic carbocycles. The molecular formula is C12H9N3OSe. The Morgan fingerprint density at radius 2 is 2.00 bits per heavy atom.